The van der Waals surface area contributed by atoms with Crippen molar-refractivity contribution in [2.24, 2.45) is 0 Å². The molecular weight excluding hydrogens is 453 g/mol. The molecule has 0 N–H and O–H groups in total. The summed E-state index contributed by atoms with van der Waals surface area (Å²) in [7, 11) is 1.69. The zero-order chi connectivity index (χ0) is 25.2. The van der Waals surface area contributed by atoms with Crippen molar-refractivity contribution in [1.82, 2.24) is 14.5 Å². The summed E-state index contributed by atoms with van der Waals surface area (Å²) in [6.07, 6.45) is 0. The zero-order valence-corrected chi connectivity index (χ0v) is 19.9. The Morgan fingerprint density at radius 2 is 1.44 bits per heavy atom. The molecule has 1 atom stereocenters. The molecule has 1 unspecified atom stereocenters. The summed E-state index contributed by atoms with van der Waals surface area (Å²) >= 11 is 0. The number of rotatable bonds is 5. The van der Waals surface area contributed by atoms with Crippen molar-refractivity contribution in [1.29, 1.82) is 0 Å². The van der Waals surface area contributed by atoms with Crippen molar-refractivity contribution < 1.29 is 9.18 Å². The van der Waals surface area contributed by atoms with Crippen LogP contribution in [0.4, 0.5) is 4.39 Å². The Labute approximate surface area is 208 Å². The maximum Gasteiger partial charge on any atom is 0.266 e. The number of halogens is 1. The fourth-order valence-corrected chi connectivity index (χ4v) is 4.26. The number of nitrogens with zero attached hydrogens (tertiary/aromatic N) is 3. The summed E-state index contributed by atoms with van der Waals surface area (Å²) in [6, 6.07) is 29.6. The van der Waals surface area contributed by atoms with Gasteiger partial charge in [0.05, 0.1) is 22.6 Å². The Hall–Kier alpha value is -4.58. The second-order valence-electron chi connectivity index (χ2n) is 8.64. The van der Waals surface area contributed by atoms with Crippen LogP contribution < -0.4 is 5.56 Å². The standard InChI is InChI=1S/C30H24FN3O2/c1-20(33(2)29(35)23-14-12-22(13-15-23)21-8-4-3-5-9-21)28-32-27-11-7-6-10-26(27)30(36)34(28)25-18-16-24(31)17-19-25/h3-20H,1-2H3. The van der Waals surface area contributed by atoms with Crippen LogP contribution in [0.2, 0.25) is 0 Å². The smallest absolute Gasteiger partial charge is 0.266 e. The van der Waals surface area contributed by atoms with Crippen LogP contribution in [-0.4, -0.2) is 27.4 Å². The summed E-state index contributed by atoms with van der Waals surface area (Å²) in [5, 5.41) is 0.447. The van der Waals surface area contributed by atoms with Gasteiger partial charge in [-0.3, -0.25) is 14.2 Å². The lowest BCUT2D eigenvalue weighted by molar-refractivity contribution is 0.0735. The molecule has 1 amide bonds. The van der Waals surface area contributed by atoms with E-state index < -0.39 is 11.9 Å². The first kappa shape index (κ1) is 23.2. The average molecular weight is 478 g/mol. The Balaban J connectivity index is 1.53. The number of para-hydroxylation sites is 1. The largest absolute Gasteiger partial charge is 0.332 e. The van der Waals surface area contributed by atoms with Crippen LogP contribution in [0.15, 0.2) is 108 Å². The minimum Gasteiger partial charge on any atom is -0.332 e. The highest BCUT2D eigenvalue weighted by molar-refractivity contribution is 5.94. The van der Waals surface area contributed by atoms with Crippen LogP contribution in [0, 0.1) is 5.82 Å². The van der Waals surface area contributed by atoms with E-state index in [0.29, 0.717) is 28.0 Å². The van der Waals surface area contributed by atoms with Gasteiger partial charge in [0.2, 0.25) is 0 Å². The third-order valence-corrected chi connectivity index (χ3v) is 6.40. The average Bonchev–Trinajstić information content (AvgIpc) is 2.93. The topological polar surface area (TPSA) is 55.2 Å². The molecule has 178 valence electrons. The highest BCUT2D eigenvalue weighted by Crippen LogP contribution is 2.25. The quantitative estimate of drug-likeness (QED) is 0.311. The maximum atomic E-state index is 13.6. The SMILES string of the molecule is CC(c1nc2ccccc2c(=O)n1-c1ccc(F)cc1)N(C)C(=O)c1ccc(-c2ccccc2)cc1. The molecule has 5 nitrogen and oxygen atoms in total. The fourth-order valence-electron chi connectivity index (χ4n) is 4.26. The van der Waals surface area contributed by atoms with E-state index in [1.54, 1.807) is 42.3 Å². The molecule has 0 aliphatic rings. The number of fused-ring (bicyclic) bond motifs is 1. The summed E-state index contributed by atoms with van der Waals surface area (Å²) in [6.45, 7) is 1.83. The van der Waals surface area contributed by atoms with Crippen molar-refractivity contribution in [2.45, 2.75) is 13.0 Å². The van der Waals surface area contributed by atoms with Gasteiger partial charge in [0.1, 0.15) is 11.6 Å². The lowest BCUT2D eigenvalue weighted by atomic mass is 10.0. The second-order valence-corrected chi connectivity index (χ2v) is 8.64. The minimum absolute atomic E-state index is 0.199. The van der Waals surface area contributed by atoms with Gasteiger partial charge in [-0.25, -0.2) is 9.37 Å². The second kappa shape index (κ2) is 9.58. The van der Waals surface area contributed by atoms with E-state index in [9.17, 15) is 14.0 Å². The van der Waals surface area contributed by atoms with Gasteiger partial charge in [-0.05, 0) is 66.6 Å². The summed E-state index contributed by atoms with van der Waals surface area (Å²) in [4.78, 5) is 33.2. The van der Waals surface area contributed by atoms with Crippen molar-refractivity contribution in [3.8, 4) is 16.8 Å². The number of amides is 1. The molecule has 0 saturated carbocycles. The third kappa shape index (κ3) is 4.29. The molecule has 5 rings (SSSR count). The molecule has 0 radical (unpaired) electrons. The van der Waals surface area contributed by atoms with E-state index in [4.69, 9.17) is 4.98 Å². The van der Waals surface area contributed by atoms with Gasteiger partial charge in [0, 0.05) is 12.6 Å². The predicted octanol–water partition coefficient (Wildman–Crippen LogP) is 6.03. The van der Waals surface area contributed by atoms with E-state index in [1.165, 1.54) is 28.8 Å². The fraction of sp³-hybridized carbons (Fsp3) is 0.100. The first-order valence-electron chi connectivity index (χ1n) is 11.6. The molecule has 6 heteroatoms. The van der Waals surface area contributed by atoms with E-state index >= 15 is 0 Å². The van der Waals surface area contributed by atoms with Gasteiger partial charge in [0.15, 0.2) is 0 Å². The van der Waals surface area contributed by atoms with Crippen molar-refractivity contribution in [3.63, 3.8) is 0 Å². The summed E-state index contributed by atoms with van der Waals surface area (Å²) in [5.41, 5.74) is 3.36. The highest BCUT2D eigenvalue weighted by atomic mass is 19.1. The van der Waals surface area contributed by atoms with Gasteiger partial charge >= 0.3 is 0 Å². The Morgan fingerprint density at radius 3 is 2.14 bits per heavy atom. The normalized spacial score (nSPS) is 11.9. The van der Waals surface area contributed by atoms with Crippen molar-refractivity contribution >= 4 is 16.8 Å². The molecule has 0 fully saturated rings. The summed E-state index contributed by atoms with van der Waals surface area (Å²) < 4.78 is 15.1. The molecule has 4 aromatic carbocycles. The third-order valence-electron chi connectivity index (χ3n) is 6.40. The molecule has 0 aliphatic heterocycles. The number of hydrogen-bond donors (Lipinski definition) is 0. The highest BCUT2D eigenvalue weighted by Gasteiger charge is 2.25. The van der Waals surface area contributed by atoms with Gasteiger partial charge in [-0.15, -0.1) is 0 Å². The Morgan fingerprint density at radius 1 is 0.833 bits per heavy atom. The first-order chi connectivity index (χ1) is 17.4. The number of aromatic nitrogens is 2. The maximum absolute atomic E-state index is 13.6. The van der Waals surface area contributed by atoms with Crippen molar-refractivity contribution in [3.05, 3.63) is 131 Å². The van der Waals surface area contributed by atoms with Crippen molar-refractivity contribution in [2.75, 3.05) is 7.05 Å². The van der Waals surface area contributed by atoms with Crippen LogP contribution >= 0.6 is 0 Å². The molecule has 0 aliphatic carbocycles. The van der Waals surface area contributed by atoms with E-state index in [1.807, 2.05) is 55.5 Å². The molecule has 0 bridgehead atoms. The zero-order valence-electron chi connectivity index (χ0n) is 19.9. The van der Waals surface area contributed by atoms with E-state index in [0.717, 1.165) is 11.1 Å². The molecule has 0 saturated heterocycles. The number of carbonyl (C=O) groups is 1. The molecule has 0 spiro atoms. The molecule has 1 heterocycles. The molecular formula is C30H24FN3O2. The molecule has 36 heavy (non-hydrogen) atoms. The number of hydrogen-bond acceptors (Lipinski definition) is 3. The van der Waals surface area contributed by atoms with Crippen LogP contribution in [-0.2, 0) is 0 Å². The van der Waals surface area contributed by atoms with Gasteiger partial charge in [0.25, 0.3) is 11.5 Å². The minimum atomic E-state index is -0.548. The monoisotopic (exact) mass is 477 g/mol. The number of benzene rings is 4. The number of carbonyl (C=O) groups excluding carboxylic acids is 1. The van der Waals surface area contributed by atoms with Crippen LogP contribution in [0.5, 0.6) is 0 Å². The lowest BCUT2D eigenvalue weighted by Crippen LogP contribution is -2.34. The summed E-state index contributed by atoms with van der Waals surface area (Å²) in [5.74, 6) is -0.210. The van der Waals surface area contributed by atoms with E-state index in [2.05, 4.69) is 0 Å². The molecule has 5 aromatic rings. The van der Waals surface area contributed by atoms with Crippen LogP contribution in [0.25, 0.3) is 27.7 Å². The predicted molar refractivity (Wildman–Crippen MR) is 140 cm³/mol. The van der Waals surface area contributed by atoms with Gasteiger partial charge < -0.3 is 4.90 Å². The molecule has 1 aromatic heterocycles. The first-order valence-corrected chi connectivity index (χ1v) is 11.6. The van der Waals surface area contributed by atoms with Gasteiger partial charge in [-0.1, -0.05) is 54.6 Å². The van der Waals surface area contributed by atoms with E-state index in [-0.39, 0.29) is 11.5 Å². The van der Waals surface area contributed by atoms with Crippen LogP contribution in [0.1, 0.15) is 29.1 Å². The Kier molecular flexibility index (Phi) is 6.17. The van der Waals surface area contributed by atoms with Crippen LogP contribution in [0.3, 0.4) is 0 Å². The Bertz CT molecular complexity index is 1590. The lowest BCUT2D eigenvalue weighted by Gasteiger charge is -2.27. The van der Waals surface area contributed by atoms with Gasteiger partial charge in [-0.2, -0.15) is 0 Å².